The largest absolute Gasteiger partial charge is 0.487 e. The highest BCUT2D eigenvalue weighted by Gasteiger charge is 2.25. The SMILES string of the molecule is CCC=CC(=O)NC(=O)CCOc1c(N)ncnc1-c1cc(F)cc(NC(=O)c2ccc(C3CC3)cc2F)c1C. The molecule has 1 heterocycles. The molecule has 2 aromatic carbocycles. The third-order valence-electron chi connectivity index (χ3n) is 6.34. The highest BCUT2D eigenvalue weighted by Crippen LogP contribution is 2.40. The maximum Gasteiger partial charge on any atom is 0.258 e. The Balaban J connectivity index is 1.53. The summed E-state index contributed by atoms with van der Waals surface area (Å²) in [4.78, 5) is 44.8. The second-order valence-electron chi connectivity index (χ2n) is 9.35. The molecule has 0 bridgehead atoms. The zero-order valence-electron chi connectivity index (χ0n) is 22.1. The number of rotatable bonds is 10. The number of imide groups is 1. The van der Waals surface area contributed by atoms with E-state index in [9.17, 15) is 23.2 Å². The van der Waals surface area contributed by atoms with Crippen molar-refractivity contribution < 1.29 is 27.9 Å². The Kier molecular flexibility index (Phi) is 8.83. The second kappa shape index (κ2) is 12.5. The number of nitrogens with zero attached hydrogens (tertiary/aromatic N) is 2. The van der Waals surface area contributed by atoms with Gasteiger partial charge >= 0.3 is 0 Å². The van der Waals surface area contributed by atoms with Crippen LogP contribution in [0.1, 0.15) is 60.0 Å². The lowest BCUT2D eigenvalue weighted by Crippen LogP contribution is -2.30. The lowest BCUT2D eigenvalue weighted by molar-refractivity contribution is -0.128. The third-order valence-corrected chi connectivity index (χ3v) is 6.34. The first-order valence-corrected chi connectivity index (χ1v) is 12.8. The van der Waals surface area contributed by atoms with Crippen LogP contribution in [0.2, 0.25) is 0 Å². The van der Waals surface area contributed by atoms with Crippen LogP contribution in [0.3, 0.4) is 0 Å². The summed E-state index contributed by atoms with van der Waals surface area (Å²) in [6.07, 6.45) is 6.53. The lowest BCUT2D eigenvalue weighted by atomic mass is 10.0. The van der Waals surface area contributed by atoms with E-state index in [-0.39, 0.29) is 47.1 Å². The number of nitrogens with two attached hydrogens (primary N) is 1. The number of amides is 3. The Hall–Kier alpha value is -4.67. The molecular formula is C29H29F2N5O4. The van der Waals surface area contributed by atoms with Gasteiger partial charge in [-0.2, -0.15) is 0 Å². The van der Waals surface area contributed by atoms with E-state index in [1.165, 1.54) is 30.6 Å². The highest BCUT2D eigenvalue weighted by atomic mass is 19.1. The van der Waals surface area contributed by atoms with E-state index in [0.717, 1.165) is 24.5 Å². The number of carbonyl (C=O) groups excluding carboxylic acids is 3. The van der Waals surface area contributed by atoms with Crippen LogP contribution in [0.15, 0.2) is 48.8 Å². The van der Waals surface area contributed by atoms with Gasteiger partial charge in [0.2, 0.25) is 11.8 Å². The lowest BCUT2D eigenvalue weighted by Gasteiger charge is -2.16. The van der Waals surface area contributed by atoms with Crippen molar-refractivity contribution in [1.29, 1.82) is 0 Å². The van der Waals surface area contributed by atoms with Crippen LogP contribution in [-0.2, 0) is 9.59 Å². The van der Waals surface area contributed by atoms with Gasteiger partial charge < -0.3 is 15.8 Å². The van der Waals surface area contributed by atoms with Crippen LogP contribution >= 0.6 is 0 Å². The topological polar surface area (TPSA) is 136 Å². The predicted octanol–water partition coefficient (Wildman–Crippen LogP) is 4.82. The van der Waals surface area contributed by atoms with Crippen molar-refractivity contribution >= 4 is 29.2 Å². The van der Waals surface area contributed by atoms with E-state index in [4.69, 9.17) is 10.5 Å². The van der Waals surface area contributed by atoms with E-state index in [0.29, 0.717) is 17.9 Å². The van der Waals surface area contributed by atoms with Crippen LogP contribution in [-0.4, -0.2) is 34.3 Å². The number of aromatic nitrogens is 2. The van der Waals surface area contributed by atoms with E-state index in [2.05, 4.69) is 20.6 Å². The minimum atomic E-state index is -0.729. The molecule has 4 rings (SSSR count). The molecule has 0 aliphatic heterocycles. The highest BCUT2D eigenvalue weighted by molar-refractivity contribution is 6.05. The number of nitrogens with one attached hydrogen (secondary N) is 2. The fraction of sp³-hybridized carbons (Fsp3) is 0.276. The van der Waals surface area contributed by atoms with Crippen LogP contribution in [0.4, 0.5) is 20.3 Å². The standard InChI is InChI=1S/C29H29F2N5O4/c1-3-4-5-24(37)36-25(38)10-11-40-27-26(33-15-34-28(27)32)21-13-19(30)14-23(16(21)2)35-29(39)20-9-8-18(12-22(20)31)17-6-7-17/h4-5,8-9,12-15,17H,3,6-7,10-11H2,1-2H3,(H,35,39)(H2,32,33,34)(H,36,37,38). The molecule has 0 atom stereocenters. The number of hydrogen-bond donors (Lipinski definition) is 3. The summed E-state index contributed by atoms with van der Waals surface area (Å²) in [5, 5.41) is 4.79. The number of benzene rings is 2. The monoisotopic (exact) mass is 549 g/mol. The zero-order chi connectivity index (χ0) is 28.8. The van der Waals surface area contributed by atoms with Crippen LogP contribution in [0.5, 0.6) is 5.75 Å². The Morgan fingerprint density at radius 1 is 1.15 bits per heavy atom. The summed E-state index contributed by atoms with van der Waals surface area (Å²) in [6.45, 7) is 3.31. The summed E-state index contributed by atoms with van der Waals surface area (Å²) in [5.41, 5.74) is 7.58. The molecule has 9 nitrogen and oxygen atoms in total. The zero-order valence-corrected chi connectivity index (χ0v) is 22.1. The third kappa shape index (κ3) is 6.85. The summed E-state index contributed by atoms with van der Waals surface area (Å²) in [6, 6.07) is 6.82. The maximum absolute atomic E-state index is 14.7. The average molecular weight is 550 g/mol. The van der Waals surface area contributed by atoms with Gasteiger partial charge in [-0.1, -0.05) is 19.1 Å². The minimum Gasteiger partial charge on any atom is -0.487 e. The van der Waals surface area contributed by atoms with Crippen molar-refractivity contribution in [3.05, 3.63) is 77.1 Å². The molecule has 3 aromatic rings. The van der Waals surface area contributed by atoms with E-state index in [1.54, 1.807) is 19.1 Å². The Bertz CT molecular complexity index is 1490. The number of carbonyl (C=O) groups is 3. The summed E-state index contributed by atoms with van der Waals surface area (Å²) in [7, 11) is 0. The normalized spacial score (nSPS) is 12.8. The van der Waals surface area contributed by atoms with Gasteiger partial charge in [0.15, 0.2) is 11.6 Å². The molecule has 0 radical (unpaired) electrons. The van der Waals surface area contributed by atoms with Crippen molar-refractivity contribution in [3.8, 4) is 17.0 Å². The number of allylic oxidation sites excluding steroid dienone is 1. The van der Waals surface area contributed by atoms with E-state index >= 15 is 0 Å². The Labute approximate surface area is 229 Å². The van der Waals surface area contributed by atoms with E-state index in [1.807, 2.05) is 6.92 Å². The molecule has 0 saturated heterocycles. The fourth-order valence-corrected chi connectivity index (χ4v) is 4.06. The molecule has 40 heavy (non-hydrogen) atoms. The number of anilines is 2. The maximum atomic E-state index is 14.7. The molecule has 1 aliphatic carbocycles. The molecule has 0 unspecified atom stereocenters. The summed E-state index contributed by atoms with van der Waals surface area (Å²) >= 11 is 0. The smallest absolute Gasteiger partial charge is 0.258 e. The molecule has 1 aromatic heterocycles. The van der Waals surface area contributed by atoms with Gasteiger partial charge in [-0.3, -0.25) is 19.7 Å². The molecule has 11 heteroatoms. The van der Waals surface area contributed by atoms with Crippen LogP contribution in [0, 0.1) is 18.6 Å². The molecule has 1 saturated carbocycles. The van der Waals surface area contributed by atoms with Gasteiger partial charge in [-0.15, -0.1) is 0 Å². The summed E-state index contributed by atoms with van der Waals surface area (Å²) in [5.74, 6) is -2.90. The fourth-order valence-electron chi connectivity index (χ4n) is 4.06. The van der Waals surface area contributed by atoms with Crippen molar-refractivity contribution in [2.75, 3.05) is 17.7 Å². The molecule has 1 fully saturated rings. The average Bonchev–Trinajstić information content (AvgIpc) is 3.76. The van der Waals surface area contributed by atoms with Gasteiger partial charge in [-0.25, -0.2) is 18.7 Å². The Morgan fingerprint density at radius 3 is 2.62 bits per heavy atom. The van der Waals surface area contributed by atoms with Crippen LogP contribution < -0.4 is 21.1 Å². The van der Waals surface area contributed by atoms with Crippen molar-refractivity contribution in [2.45, 2.75) is 45.4 Å². The molecule has 4 N–H and O–H groups in total. The second-order valence-corrected chi connectivity index (χ2v) is 9.35. The minimum absolute atomic E-state index is 0.000177. The molecule has 1 aliphatic rings. The number of hydrogen-bond acceptors (Lipinski definition) is 7. The van der Waals surface area contributed by atoms with Crippen molar-refractivity contribution in [3.63, 3.8) is 0 Å². The molecule has 0 spiro atoms. The first-order chi connectivity index (χ1) is 19.2. The number of ether oxygens (including phenoxy) is 1. The van der Waals surface area contributed by atoms with Crippen LogP contribution in [0.25, 0.3) is 11.3 Å². The van der Waals surface area contributed by atoms with E-state index < -0.39 is 29.4 Å². The molecule has 208 valence electrons. The first-order valence-electron chi connectivity index (χ1n) is 12.8. The van der Waals surface area contributed by atoms with Gasteiger partial charge in [0.25, 0.3) is 5.91 Å². The number of halogens is 2. The van der Waals surface area contributed by atoms with Gasteiger partial charge in [0.05, 0.1) is 18.6 Å². The first kappa shape index (κ1) is 28.3. The Morgan fingerprint density at radius 2 is 1.93 bits per heavy atom. The number of nitrogen functional groups attached to an aromatic ring is 1. The van der Waals surface area contributed by atoms with Gasteiger partial charge in [0.1, 0.15) is 23.7 Å². The predicted molar refractivity (Wildman–Crippen MR) is 146 cm³/mol. The molecular weight excluding hydrogens is 520 g/mol. The molecule has 3 amide bonds. The van der Waals surface area contributed by atoms with Gasteiger partial charge in [0, 0.05) is 11.3 Å². The quantitative estimate of drug-likeness (QED) is 0.309. The van der Waals surface area contributed by atoms with Crippen molar-refractivity contribution in [2.24, 2.45) is 0 Å². The summed E-state index contributed by atoms with van der Waals surface area (Å²) < 4.78 is 35.1. The van der Waals surface area contributed by atoms with Crippen molar-refractivity contribution in [1.82, 2.24) is 15.3 Å². The van der Waals surface area contributed by atoms with Gasteiger partial charge in [-0.05, 0) is 73.6 Å².